The number of carbonyl (C=O) groups is 1. The minimum absolute atomic E-state index is 0.244. The number of ether oxygens (including phenoxy) is 1. The van der Waals surface area contributed by atoms with Crippen LogP contribution in [0.25, 0.3) is 0 Å². The number of benzene rings is 2. The zero-order chi connectivity index (χ0) is 14.7. The van der Waals surface area contributed by atoms with Crippen LogP contribution in [0.5, 0.6) is 0 Å². The quantitative estimate of drug-likeness (QED) is 0.777. The van der Waals surface area contributed by atoms with Crippen LogP contribution in [-0.4, -0.2) is 5.97 Å². The van der Waals surface area contributed by atoms with E-state index in [4.69, 9.17) is 4.74 Å². The van der Waals surface area contributed by atoms with Gasteiger partial charge in [-0.15, -0.1) is 0 Å². The van der Waals surface area contributed by atoms with Gasteiger partial charge in [-0.2, -0.15) is 0 Å². The first-order chi connectivity index (χ1) is 9.50. The van der Waals surface area contributed by atoms with Crippen molar-refractivity contribution in [2.75, 3.05) is 0 Å². The Labute approximate surface area is 120 Å². The summed E-state index contributed by atoms with van der Waals surface area (Å²) in [6.07, 6.45) is 0. The summed E-state index contributed by atoms with van der Waals surface area (Å²) in [5, 5.41) is 0. The highest BCUT2D eigenvalue weighted by atomic mass is 16.5. The number of aryl methyl sites for hydroxylation is 2. The lowest BCUT2D eigenvalue weighted by molar-refractivity contribution is 0.0471. The van der Waals surface area contributed by atoms with Crippen molar-refractivity contribution in [1.82, 2.24) is 0 Å². The molecule has 104 valence electrons. The minimum atomic E-state index is -0.244. The molecule has 0 aliphatic carbocycles. The summed E-state index contributed by atoms with van der Waals surface area (Å²) in [5.74, 6) is -0.244. The fourth-order valence-corrected chi connectivity index (χ4v) is 2.39. The standard InChI is InChI=1S/C18H20O2/c1-12-10-13(2)17(15(4)14(12)3)18(19)20-11-16-8-6-5-7-9-16/h5-10H,11H2,1-4H3. The summed E-state index contributed by atoms with van der Waals surface area (Å²) in [5.41, 5.74) is 6.05. The van der Waals surface area contributed by atoms with Crippen molar-refractivity contribution in [2.24, 2.45) is 0 Å². The number of esters is 1. The first kappa shape index (κ1) is 14.3. The lowest BCUT2D eigenvalue weighted by Crippen LogP contribution is -2.11. The third-order valence-corrected chi connectivity index (χ3v) is 3.77. The van der Waals surface area contributed by atoms with Gasteiger partial charge in [0, 0.05) is 0 Å². The maximum absolute atomic E-state index is 12.3. The molecule has 0 aliphatic rings. The molecular formula is C18H20O2. The van der Waals surface area contributed by atoms with Crippen LogP contribution in [0.1, 0.15) is 38.2 Å². The molecule has 0 saturated carbocycles. The van der Waals surface area contributed by atoms with Gasteiger partial charge in [-0.25, -0.2) is 4.79 Å². The van der Waals surface area contributed by atoms with E-state index in [-0.39, 0.29) is 5.97 Å². The molecule has 0 fully saturated rings. The summed E-state index contributed by atoms with van der Waals surface area (Å²) in [4.78, 5) is 12.3. The molecule has 20 heavy (non-hydrogen) atoms. The fraction of sp³-hybridized carbons (Fsp3) is 0.278. The predicted octanol–water partition coefficient (Wildman–Crippen LogP) is 4.28. The van der Waals surface area contributed by atoms with E-state index >= 15 is 0 Å². The average molecular weight is 268 g/mol. The second-order valence-corrected chi connectivity index (χ2v) is 5.20. The SMILES string of the molecule is Cc1cc(C)c(C(=O)OCc2ccccc2)c(C)c1C. The van der Waals surface area contributed by atoms with Gasteiger partial charge in [0.1, 0.15) is 6.61 Å². The van der Waals surface area contributed by atoms with Gasteiger partial charge in [-0.3, -0.25) is 0 Å². The average Bonchev–Trinajstić information content (AvgIpc) is 2.44. The lowest BCUT2D eigenvalue weighted by Gasteiger charge is -2.14. The van der Waals surface area contributed by atoms with E-state index in [1.165, 1.54) is 5.56 Å². The number of rotatable bonds is 3. The van der Waals surface area contributed by atoms with E-state index in [0.29, 0.717) is 12.2 Å². The van der Waals surface area contributed by atoms with Crippen molar-refractivity contribution in [2.45, 2.75) is 34.3 Å². The molecular weight excluding hydrogens is 248 g/mol. The van der Waals surface area contributed by atoms with Crippen LogP contribution in [0.3, 0.4) is 0 Å². The van der Waals surface area contributed by atoms with E-state index in [2.05, 4.69) is 6.92 Å². The van der Waals surface area contributed by atoms with E-state index in [1.807, 2.05) is 57.2 Å². The van der Waals surface area contributed by atoms with Gasteiger partial charge in [0.2, 0.25) is 0 Å². The zero-order valence-corrected chi connectivity index (χ0v) is 12.5. The smallest absolute Gasteiger partial charge is 0.339 e. The van der Waals surface area contributed by atoms with Crippen LogP contribution in [0, 0.1) is 27.7 Å². The Morgan fingerprint density at radius 1 is 0.950 bits per heavy atom. The Bertz CT molecular complexity index is 628. The van der Waals surface area contributed by atoms with Crippen LogP contribution in [0.4, 0.5) is 0 Å². The van der Waals surface area contributed by atoms with Crippen molar-refractivity contribution < 1.29 is 9.53 Å². The zero-order valence-electron chi connectivity index (χ0n) is 12.5. The highest BCUT2D eigenvalue weighted by molar-refractivity contribution is 5.93. The van der Waals surface area contributed by atoms with Gasteiger partial charge < -0.3 is 4.74 Å². The second-order valence-electron chi connectivity index (χ2n) is 5.20. The molecule has 0 aromatic heterocycles. The molecule has 2 heteroatoms. The summed E-state index contributed by atoms with van der Waals surface area (Å²) >= 11 is 0. The Morgan fingerprint density at radius 2 is 1.60 bits per heavy atom. The van der Waals surface area contributed by atoms with Crippen molar-refractivity contribution in [3.8, 4) is 0 Å². The molecule has 0 aliphatic heterocycles. The molecule has 0 N–H and O–H groups in total. The minimum Gasteiger partial charge on any atom is -0.457 e. The summed E-state index contributed by atoms with van der Waals surface area (Å²) in [6, 6.07) is 11.8. The van der Waals surface area contributed by atoms with Crippen LogP contribution < -0.4 is 0 Å². The molecule has 0 unspecified atom stereocenters. The second kappa shape index (κ2) is 5.91. The highest BCUT2D eigenvalue weighted by Crippen LogP contribution is 2.22. The Kier molecular flexibility index (Phi) is 4.23. The van der Waals surface area contributed by atoms with Crippen molar-refractivity contribution >= 4 is 5.97 Å². The van der Waals surface area contributed by atoms with E-state index in [9.17, 15) is 4.79 Å². The topological polar surface area (TPSA) is 26.3 Å². The molecule has 0 radical (unpaired) electrons. The number of carbonyl (C=O) groups excluding carboxylic acids is 1. The fourth-order valence-electron chi connectivity index (χ4n) is 2.39. The Hall–Kier alpha value is -2.09. The monoisotopic (exact) mass is 268 g/mol. The predicted molar refractivity (Wildman–Crippen MR) is 81.0 cm³/mol. The van der Waals surface area contributed by atoms with Gasteiger partial charge in [-0.05, 0) is 55.5 Å². The van der Waals surface area contributed by atoms with Gasteiger partial charge >= 0.3 is 5.97 Å². The number of hydrogen-bond acceptors (Lipinski definition) is 2. The summed E-state index contributed by atoms with van der Waals surface area (Å²) < 4.78 is 5.43. The molecule has 2 rings (SSSR count). The molecule has 0 bridgehead atoms. The molecule has 2 aromatic rings. The molecule has 2 nitrogen and oxygen atoms in total. The molecule has 0 atom stereocenters. The highest BCUT2D eigenvalue weighted by Gasteiger charge is 2.16. The largest absolute Gasteiger partial charge is 0.457 e. The maximum atomic E-state index is 12.3. The maximum Gasteiger partial charge on any atom is 0.339 e. The molecule has 0 amide bonds. The Morgan fingerprint density at radius 3 is 2.25 bits per heavy atom. The van der Waals surface area contributed by atoms with Crippen molar-refractivity contribution in [1.29, 1.82) is 0 Å². The first-order valence-electron chi connectivity index (χ1n) is 6.79. The van der Waals surface area contributed by atoms with Gasteiger partial charge in [0.25, 0.3) is 0 Å². The van der Waals surface area contributed by atoms with E-state index in [1.54, 1.807) is 0 Å². The van der Waals surface area contributed by atoms with Gasteiger partial charge in [0.15, 0.2) is 0 Å². The van der Waals surface area contributed by atoms with Gasteiger partial charge in [-0.1, -0.05) is 36.4 Å². The van der Waals surface area contributed by atoms with Crippen molar-refractivity contribution in [3.05, 3.63) is 69.8 Å². The van der Waals surface area contributed by atoms with Crippen LogP contribution in [0.2, 0.25) is 0 Å². The molecule has 0 heterocycles. The summed E-state index contributed by atoms with van der Waals surface area (Å²) in [6.45, 7) is 8.35. The lowest BCUT2D eigenvalue weighted by atomic mass is 9.94. The molecule has 0 spiro atoms. The normalized spacial score (nSPS) is 10.4. The van der Waals surface area contributed by atoms with Gasteiger partial charge in [0.05, 0.1) is 5.56 Å². The third kappa shape index (κ3) is 2.90. The Balaban J connectivity index is 2.20. The van der Waals surface area contributed by atoms with Crippen LogP contribution in [-0.2, 0) is 11.3 Å². The van der Waals surface area contributed by atoms with E-state index in [0.717, 1.165) is 22.3 Å². The number of hydrogen-bond donors (Lipinski definition) is 0. The summed E-state index contributed by atoms with van der Waals surface area (Å²) in [7, 11) is 0. The molecule has 2 aromatic carbocycles. The van der Waals surface area contributed by atoms with Crippen LogP contribution in [0.15, 0.2) is 36.4 Å². The van der Waals surface area contributed by atoms with E-state index < -0.39 is 0 Å². The van der Waals surface area contributed by atoms with Crippen LogP contribution >= 0.6 is 0 Å². The molecule has 0 saturated heterocycles. The van der Waals surface area contributed by atoms with Crippen molar-refractivity contribution in [3.63, 3.8) is 0 Å². The first-order valence-corrected chi connectivity index (χ1v) is 6.79. The third-order valence-electron chi connectivity index (χ3n) is 3.77.